The SMILES string of the molecule is O=C(CN1CCN(Cc2cn3ccccc3n2)CC1)N1CCc2sccc2C1. The summed E-state index contributed by atoms with van der Waals surface area (Å²) in [4.78, 5) is 25.6. The van der Waals surface area contributed by atoms with Crippen LogP contribution in [0.15, 0.2) is 42.0 Å². The second kappa shape index (κ2) is 7.66. The molecule has 28 heavy (non-hydrogen) atoms. The maximum absolute atomic E-state index is 12.7. The third-order valence-corrected chi connectivity index (χ3v) is 6.81. The highest BCUT2D eigenvalue weighted by molar-refractivity contribution is 7.10. The lowest BCUT2D eigenvalue weighted by atomic mass is 10.1. The molecule has 0 N–H and O–H groups in total. The van der Waals surface area contributed by atoms with Gasteiger partial charge in [0.05, 0.1) is 12.2 Å². The fourth-order valence-corrected chi connectivity index (χ4v) is 5.04. The van der Waals surface area contributed by atoms with Crippen LogP contribution in [0.1, 0.15) is 16.1 Å². The van der Waals surface area contributed by atoms with E-state index in [1.54, 1.807) is 0 Å². The highest BCUT2D eigenvalue weighted by atomic mass is 32.1. The summed E-state index contributed by atoms with van der Waals surface area (Å²) in [5.41, 5.74) is 3.44. The van der Waals surface area contributed by atoms with Gasteiger partial charge in [-0.05, 0) is 35.6 Å². The molecule has 0 unspecified atom stereocenters. The Hall–Kier alpha value is -2.22. The Labute approximate surface area is 169 Å². The van der Waals surface area contributed by atoms with Gasteiger partial charge < -0.3 is 9.30 Å². The first kappa shape index (κ1) is 17.8. The molecular weight excluding hydrogens is 370 g/mol. The average Bonchev–Trinajstić information content (AvgIpc) is 3.34. The van der Waals surface area contributed by atoms with Crippen molar-refractivity contribution in [3.63, 3.8) is 0 Å². The molecule has 7 heteroatoms. The van der Waals surface area contributed by atoms with Crippen molar-refractivity contribution in [2.24, 2.45) is 0 Å². The zero-order valence-corrected chi connectivity index (χ0v) is 16.8. The number of fused-ring (bicyclic) bond motifs is 2. The van der Waals surface area contributed by atoms with Gasteiger partial charge >= 0.3 is 0 Å². The number of aromatic nitrogens is 2. The van der Waals surface area contributed by atoms with Crippen LogP contribution in [-0.4, -0.2) is 69.3 Å². The first-order valence-corrected chi connectivity index (χ1v) is 10.8. The van der Waals surface area contributed by atoms with E-state index in [4.69, 9.17) is 4.98 Å². The van der Waals surface area contributed by atoms with E-state index in [9.17, 15) is 4.79 Å². The Bertz CT molecular complexity index is 939. The largest absolute Gasteiger partial charge is 0.337 e. The molecule has 2 aliphatic heterocycles. The Morgan fingerprint density at radius 1 is 1.07 bits per heavy atom. The smallest absolute Gasteiger partial charge is 0.237 e. The standard InChI is InChI=1S/C21H25N5OS/c27-21(26-7-4-19-17(13-26)5-12-28-19)16-24-10-8-23(9-11-24)14-18-15-25-6-2-1-3-20(25)22-18/h1-3,5-6,12,15H,4,7-11,13-14,16H2. The number of thiophene rings is 1. The molecule has 3 aromatic heterocycles. The van der Waals surface area contributed by atoms with Crippen LogP contribution in [-0.2, 0) is 24.3 Å². The van der Waals surface area contributed by atoms with Gasteiger partial charge in [0.15, 0.2) is 0 Å². The highest BCUT2D eigenvalue weighted by Crippen LogP contribution is 2.24. The Kier molecular flexibility index (Phi) is 4.88. The summed E-state index contributed by atoms with van der Waals surface area (Å²) in [6.07, 6.45) is 5.15. The van der Waals surface area contributed by atoms with E-state index in [1.807, 2.05) is 40.6 Å². The number of imidazole rings is 1. The van der Waals surface area contributed by atoms with Gasteiger partial charge in [0.2, 0.25) is 5.91 Å². The van der Waals surface area contributed by atoms with Crippen LogP contribution in [0.25, 0.3) is 5.65 Å². The minimum atomic E-state index is 0.269. The van der Waals surface area contributed by atoms with Gasteiger partial charge in [0.25, 0.3) is 0 Å². The van der Waals surface area contributed by atoms with E-state index in [1.165, 1.54) is 10.4 Å². The fourth-order valence-electron chi connectivity index (χ4n) is 4.15. The molecule has 0 aromatic carbocycles. The second-order valence-corrected chi connectivity index (χ2v) is 8.69. The molecule has 6 nitrogen and oxygen atoms in total. The number of amides is 1. The summed E-state index contributed by atoms with van der Waals surface area (Å²) in [5.74, 6) is 0.269. The molecule has 5 heterocycles. The number of rotatable bonds is 4. The topological polar surface area (TPSA) is 44.1 Å². The maximum atomic E-state index is 12.7. The molecule has 1 fully saturated rings. The number of hydrogen-bond donors (Lipinski definition) is 0. The lowest BCUT2D eigenvalue weighted by molar-refractivity contribution is -0.133. The molecule has 0 aliphatic carbocycles. The first-order chi connectivity index (χ1) is 13.7. The molecule has 2 aliphatic rings. The van der Waals surface area contributed by atoms with Gasteiger partial charge in [-0.25, -0.2) is 4.98 Å². The quantitative estimate of drug-likeness (QED) is 0.679. The van der Waals surface area contributed by atoms with Crippen molar-refractivity contribution in [1.82, 2.24) is 24.1 Å². The highest BCUT2D eigenvalue weighted by Gasteiger charge is 2.25. The zero-order valence-electron chi connectivity index (χ0n) is 16.0. The van der Waals surface area contributed by atoms with Crippen molar-refractivity contribution in [3.05, 3.63) is 58.2 Å². The number of piperazine rings is 1. The zero-order chi connectivity index (χ0) is 18.9. The molecule has 0 spiro atoms. The van der Waals surface area contributed by atoms with Crippen LogP contribution in [0.5, 0.6) is 0 Å². The Morgan fingerprint density at radius 2 is 1.93 bits per heavy atom. The Morgan fingerprint density at radius 3 is 2.79 bits per heavy atom. The summed E-state index contributed by atoms with van der Waals surface area (Å²) in [5, 5.41) is 2.14. The van der Waals surface area contributed by atoms with Gasteiger partial charge in [-0.3, -0.25) is 14.6 Å². The summed E-state index contributed by atoms with van der Waals surface area (Å²) < 4.78 is 2.07. The minimum absolute atomic E-state index is 0.269. The second-order valence-electron chi connectivity index (χ2n) is 7.68. The lowest BCUT2D eigenvalue weighted by Gasteiger charge is -2.35. The predicted molar refractivity (Wildman–Crippen MR) is 110 cm³/mol. The summed E-state index contributed by atoms with van der Waals surface area (Å²) in [6.45, 7) is 6.91. The van der Waals surface area contributed by atoms with Crippen LogP contribution in [0, 0.1) is 0 Å². The monoisotopic (exact) mass is 395 g/mol. The number of hydrogen-bond acceptors (Lipinski definition) is 5. The molecule has 5 rings (SSSR count). The van der Waals surface area contributed by atoms with E-state index in [0.29, 0.717) is 6.54 Å². The number of carbonyl (C=O) groups excluding carboxylic acids is 1. The molecule has 3 aromatic rings. The van der Waals surface area contributed by atoms with Crippen molar-refractivity contribution >= 4 is 22.9 Å². The van der Waals surface area contributed by atoms with Gasteiger partial charge in [-0.2, -0.15) is 0 Å². The lowest BCUT2D eigenvalue weighted by Crippen LogP contribution is -2.50. The molecule has 0 bridgehead atoms. The maximum Gasteiger partial charge on any atom is 0.237 e. The van der Waals surface area contributed by atoms with E-state index in [-0.39, 0.29) is 5.91 Å². The van der Waals surface area contributed by atoms with Crippen molar-refractivity contribution in [1.29, 1.82) is 0 Å². The molecule has 0 saturated carbocycles. The van der Waals surface area contributed by atoms with Gasteiger partial charge in [0.1, 0.15) is 5.65 Å². The summed E-state index contributed by atoms with van der Waals surface area (Å²) in [6, 6.07) is 8.24. The number of carbonyl (C=O) groups is 1. The predicted octanol–water partition coefficient (Wildman–Crippen LogP) is 2.10. The van der Waals surface area contributed by atoms with Crippen molar-refractivity contribution in [2.75, 3.05) is 39.3 Å². The number of pyridine rings is 1. The van der Waals surface area contributed by atoms with Crippen LogP contribution < -0.4 is 0 Å². The van der Waals surface area contributed by atoms with Gasteiger partial charge in [0, 0.05) is 63.1 Å². The first-order valence-electron chi connectivity index (χ1n) is 9.95. The van der Waals surface area contributed by atoms with Crippen molar-refractivity contribution < 1.29 is 4.79 Å². The van der Waals surface area contributed by atoms with Gasteiger partial charge in [-0.15, -0.1) is 11.3 Å². The normalized spacial score (nSPS) is 18.5. The summed E-state index contributed by atoms with van der Waals surface area (Å²) >= 11 is 1.82. The Balaban J connectivity index is 1.11. The molecule has 146 valence electrons. The van der Waals surface area contributed by atoms with Crippen molar-refractivity contribution in [2.45, 2.75) is 19.5 Å². The molecular formula is C21H25N5OS. The van der Waals surface area contributed by atoms with E-state index in [2.05, 4.69) is 31.8 Å². The molecule has 1 saturated heterocycles. The van der Waals surface area contributed by atoms with E-state index >= 15 is 0 Å². The fraction of sp³-hybridized carbons (Fsp3) is 0.429. The number of nitrogens with zero attached hydrogens (tertiary/aromatic N) is 5. The third-order valence-electron chi connectivity index (χ3n) is 5.78. The van der Waals surface area contributed by atoms with E-state index < -0.39 is 0 Å². The van der Waals surface area contributed by atoms with E-state index in [0.717, 1.165) is 63.6 Å². The average molecular weight is 396 g/mol. The van der Waals surface area contributed by atoms with Crippen LogP contribution >= 0.6 is 11.3 Å². The molecule has 0 atom stereocenters. The van der Waals surface area contributed by atoms with Crippen LogP contribution in [0.4, 0.5) is 0 Å². The third kappa shape index (κ3) is 3.70. The van der Waals surface area contributed by atoms with Crippen LogP contribution in [0.2, 0.25) is 0 Å². The molecule has 1 amide bonds. The van der Waals surface area contributed by atoms with Crippen LogP contribution in [0.3, 0.4) is 0 Å². The van der Waals surface area contributed by atoms with Gasteiger partial charge in [-0.1, -0.05) is 6.07 Å². The summed E-state index contributed by atoms with van der Waals surface area (Å²) in [7, 11) is 0. The minimum Gasteiger partial charge on any atom is -0.337 e. The molecule has 0 radical (unpaired) electrons. The van der Waals surface area contributed by atoms with Crippen molar-refractivity contribution in [3.8, 4) is 0 Å².